The van der Waals surface area contributed by atoms with Crippen LogP contribution in [0.3, 0.4) is 0 Å². The van der Waals surface area contributed by atoms with Crippen LogP contribution in [0.25, 0.3) is 0 Å². The molecule has 3 nitrogen and oxygen atoms in total. The molecule has 0 aromatic heterocycles. The molecule has 0 amide bonds. The van der Waals surface area contributed by atoms with Crippen LogP contribution in [-0.4, -0.2) is 30.4 Å². The summed E-state index contributed by atoms with van der Waals surface area (Å²) in [6.07, 6.45) is 2.03. The average molecular weight is 312 g/mol. The Morgan fingerprint density at radius 1 is 1.29 bits per heavy atom. The van der Waals surface area contributed by atoms with Gasteiger partial charge in [-0.3, -0.25) is 0 Å². The van der Waals surface area contributed by atoms with E-state index in [1.807, 2.05) is 24.3 Å². The summed E-state index contributed by atoms with van der Waals surface area (Å²) < 4.78 is 5.55. The molecule has 1 aliphatic carbocycles. The number of hydrogen-bond donors (Lipinski definition) is 2. The maximum atomic E-state index is 9.98. The minimum Gasteiger partial charge on any atom is -0.389 e. The highest BCUT2D eigenvalue weighted by Gasteiger charge is 2.29. The second-order valence-corrected chi connectivity index (χ2v) is 6.66. The van der Waals surface area contributed by atoms with E-state index in [0.717, 1.165) is 16.5 Å². The molecular weight excluding hydrogens is 286 g/mol. The van der Waals surface area contributed by atoms with Crippen LogP contribution in [-0.2, 0) is 11.3 Å². The van der Waals surface area contributed by atoms with Crippen LogP contribution in [0.15, 0.2) is 24.3 Å². The molecule has 1 aromatic carbocycles. The number of ether oxygens (including phenoxy) is 1. The van der Waals surface area contributed by atoms with E-state index in [2.05, 4.69) is 19.2 Å². The zero-order chi connectivity index (χ0) is 15.2. The molecule has 118 valence electrons. The van der Waals surface area contributed by atoms with Gasteiger partial charge in [-0.2, -0.15) is 0 Å². The lowest BCUT2D eigenvalue weighted by Crippen LogP contribution is -2.39. The Bertz CT molecular complexity index is 423. The monoisotopic (exact) mass is 311 g/mol. The van der Waals surface area contributed by atoms with Crippen molar-refractivity contribution in [3.63, 3.8) is 0 Å². The highest BCUT2D eigenvalue weighted by molar-refractivity contribution is 6.30. The molecule has 2 rings (SSSR count). The van der Waals surface area contributed by atoms with Crippen LogP contribution in [0.4, 0.5) is 0 Å². The van der Waals surface area contributed by atoms with Crippen molar-refractivity contribution in [2.75, 3.05) is 13.2 Å². The van der Waals surface area contributed by atoms with Gasteiger partial charge >= 0.3 is 0 Å². The van der Waals surface area contributed by atoms with Gasteiger partial charge in [-0.25, -0.2) is 0 Å². The highest BCUT2D eigenvalue weighted by atomic mass is 35.5. The summed E-state index contributed by atoms with van der Waals surface area (Å²) in [7, 11) is 0. The van der Waals surface area contributed by atoms with Crippen LogP contribution >= 0.6 is 11.6 Å². The van der Waals surface area contributed by atoms with Gasteiger partial charge in [0.1, 0.15) is 0 Å². The molecule has 0 spiro atoms. The lowest BCUT2D eigenvalue weighted by molar-refractivity contribution is 0.0270. The molecule has 4 heteroatoms. The van der Waals surface area contributed by atoms with Gasteiger partial charge in [0.05, 0.1) is 19.3 Å². The zero-order valence-corrected chi connectivity index (χ0v) is 13.6. The van der Waals surface area contributed by atoms with Gasteiger partial charge in [-0.1, -0.05) is 37.6 Å². The topological polar surface area (TPSA) is 41.5 Å². The van der Waals surface area contributed by atoms with E-state index in [1.54, 1.807) is 0 Å². The fraction of sp³-hybridized carbons (Fsp3) is 0.647. The quantitative estimate of drug-likeness (QED) is 0.812. The van der Waals surface area contributed by atoms with Gasteiger partial charge in [-0.15, -0.1) is 0 Å². The molecular formula is C17H26ClNO2. The molecule has 4 atom stereocenters. The van der Waals surface area contributed by atoms with E-state index < -0.39 is 6.10 Å². The summed E-state index contributed by atoms with van der Waals surface area (Å²) in [5.41, 5.74) is 1.07. The minimum absolute atomic E-state index is 0.353. The molecule has 1 fully saturated rings. The summed E-state index contributed by atoms with van der Waals surface area (Å²) in [6, 6.07) is 8.11. The molecule has 0 aliphatic heterocycles. The second-order valence-electron chi connectivity index (χ2n) is 6.22. The third-order valence-electron chi connectivity index (χ3n) is 4.57. The van der Waals surface area contributed by atoms with Crippen molar-refractivity contribution in [3.8, 4) is 0 Å². The van der Waals surface area contributed by atoms with Crippen LogP contribution in [0, 0.1) is 11.8 Å². The normalized spacial score (nSPS) is 27.0. The predicted molar refractivity (Wildman–Crippen MR) is 86.5 cm³/mol. The Morgan fingerprint density at radius 2 is 2.00 bits per heavy atom. The molecule has 1 aromatic rings. The molecule has 0 saturated heterocycles. The van der Waals surface area contributed by atoms with Gasteiger partial charge in [0.2, 0.25) is 0 Å². The predicted octanol–water partition coefficient (Wildman–Crippen LogP) is 3.24. The standard InChI is InChI=1S/C17H26ClNO2/c1-12-3-8-17(13(12)2)19-9-16(20)11-21-10-14-4-6-15(18)7-5-14/h4-7,12-13,16-17,19-20H,3,8-11H2,1-2H3. The van der Waals surface area contributed by atoms with Gasteiger partial charge in [-0.05, 0) is 42.4 Å². The van der Waals surface area contributed by atoms with E-state index in [4.69, 9.17) is 16.3 Å². The number of aliphatic hydroxyl groups excluding tert-OH is 1. The maximum absolute atomic E-state index is 9.98. The molecule has 2 N–H and O–H groups in total. The van der Waals surface area contributed by atoms with Gasteiger partial charge < -0.3 is 15.2 Å². The van der Waals surface area contributed by atoms with Crippen molar-refractivity contribution in [1.82, 2.24) is 5.32 Å². The van der Waals surface area contributed by atoms with Crippen molar-refractivity contribution in [3.05, 3.63) is 34.9 Å². The summed E-state index contributed by atoms with van der Waals surface area (Å²) in [5, 5.41) is 14.2. The van der Waals surface area contributed by atoms with E-state index >= 15 is 0 Å². The summed E-state index contributed by atoms with van der Waals surface area (Å²) in [6.45, 7) is 6.05. The Hall–Kier alpha value is -0.610. The second kappa shape index (κ2) is 8.14. The first-order valence-corrected chi connectivity index (χ1v) is 8.17. The Labute approximate surface area is 132 Å². The van der Waals surface area contributed by atoms with Crippen molar-refractivity contribution in [1.29, 1.82) is 0 Å². The Morgan fingerprint density at radius 3 is 2.62 bits per heavy atom. The minimum atomic E-state index is -0.458. The zero-order valence-electron chi connectivity index (χ0n) is 12.9. The lowest BCUT2D eigenvalue weighted by atomic mass is 9.98. The van der Waals surface area contributed by atoms with Gasteiger partial charge in [0, 0.05) is 17.6 Å². The highest BCUT2D eigenvalue weighted by Crippen LogP contribution is 2.30. The lowest BCUT2D eigenvalue weighted by Gasteiger charge is -2.21. The van der Waals surface area contributed by atoms with Crippen molar-refractivity contribution in [2.45, 2.75) is 45.4 Å². The van der Waals surface area contributed by atoms with E-state index in [-0.39, 0.29) is 0 Å². The molecule has 1 aliphatic rings. The molecule has 0 radical (unpaired) electrons. The van der Waals surface area contributed by atoms with Crippen LogP contribution in [0.2, 0.25) is 5.02 Å². The Kier molecular flexibility index (Phi) is 6.49. The maximum Gasteiger partial charge on any atom is 0.0897 e. The molecule has 4 unspecified atom stereocenters. The first kappa shape index (κ1) is 16.8. The summed E-state index contributed by atoms with van der Waals surface area (Å²) >= 11 is 5.83. The van der Waals surface area contributed by atoms with Gasteiger partial charge in [0.15, 0.2) is 0 Å². The number of halogens is 1. The smallest absolute Gasteiger partial charge is 0.0897 e. The fourth-order valence-corrected chi connectivity index (χ4v) is 3.02. The van der Waals surface area contributed by atoms with Crippen molar-refractivity contribution < 1.29 is 9.84 Å². The van der Waals surface area contributed by atoms with E-state index in [1.165, 1.54) is 12.8 Å². The number of hydrogen-bond acceptors (Lipinski definition) is 3. The number of aliphatic hydroxyl groups is 1. The Balaban J connectivity index is 1.61. The van der Waals surface area contributed by atoms with Crippen LogP contribution < -0.4 is 5.32 Å². The molecule has 0 bridgehead atoms. The van der Waals surface area contributed by atoms with Crippen LogP contribution in [0.1, 0.15) is 32.3 Å². The van der Waals surface area contributed by atoms with Gasteiger partial charge in [0.25, 0.3) is 0 Å². The third-order valence-corrected chi connectivity index (χ3v) is 4.83. The first-order chi connectivity index (χ1) is 10.1. The van der Waals surface area contributed by atoms with Crippen molar-refractivity contribution >= 4 is 11.6 Å². The largest absolute Gasteiger partial charge is 0.389 e. The van der Waals surface area contributed by atoms with Crippen LogP contribution in [0.5, 0.6) is 0 Å². The number of rotatable bonds is 7. The average Bonchev–Trinajstić information content (AvgIpc) is 2.79. The number of benzene rings is 1. The summed E-state index contributed by atoms with van der Waals surface area (Å²) in [5.74, 6) is 1.47. The SMILES string of the molecule is CC1CCC(NCC(O)COCc2ccc(Cl)cc2)C1C. The van der Waals surface area contributed by atoms with Crippen molar-refractivity contribution in [2.24, 2.45) is 11.8 Å². The number of nitrogens with one attached hydrogen (secondary N) is 1. The molecule has 21 heavy (non-hydrogen) atoms. The molecule has 1 saturated carbocycles. The van der Waals surface area contributed by atoms with E-state index in [9.17, 15) is 5.11 Å². The fourth-order valence-electron chi connectivity index (χ4n) is 2.89. The van der Waals surface area contributed by atoms with E-state index in [0.29, 0.717) is 31.7 Å². The molecule has 0 heterocycles. The summed E-state index contributed by atoms with van der Waals surface area (Å²) in [4.78, 5) is 0. The first-order valence-electron chi connectivity index (χ1n) is 7.80. The third kappa shape index (κ3) is 5.26.